The van der Waals surface area contributed by atoms with E-state index in [4.69, 9.17) is 5.73 Å². The largest absolute Gasteiger partial charge is 0.412 e. The third-order valence-electron chi connectivity index (χ3n) is 1.42. The van der Waals surface area contributed by atoms with Crippen molar-refractivity contribution in [2.75, 3.05) is 24.7 Å². The molecule has 0 bridgehead atoms. The van der Waals surface area contributed by atoms with Crippen LogP contribution in [0, 0.1) is 0 Å². The van der Waals surface area contributed by atoms with E-state index in [1.807, 2.05) is 43.3 Å². The van der Waals surface area contributed by atoms with Gasteiger partial charge in [-0.15, -0.1) is 0 Å². The summed E-state index contributed by atoms with van der Waals surface area (Å²) in [5.41, 5.74) is 7.58. The third-order valence-corrected chi connectivity index (χ3v) is 1.42. The SMILES string of the molecule is CN(C)c1ccccc1N.O.[HH]. The van der Waals surface area contributed by atoms with E-state index in [0.717, 1.165) is 11.4 Å². The third kappa shape index (κ3) is 2.13. The number of anilines is 2. The highest BCUT2D eigenvalue weighted by atomic mass is 16.0. The topological polar surface area (TPSA) is 60.8 Å². The Kier molecular flexibility index (Phi) is 3.40. The zero-order chi connectivity index (χ0) is 7.56. The summed E-state index contributed by atoms with van der Waals surface area (Å²) in [5.74, 6) is 0. The minimum atomic E-state index is 0. The van der Waals surface area contributed by atoms with Gasteiger partial charge in [-0.1, -0.05) is 12.1 Å². The summed E-state index contributed by atoms with van der Waals surface area (Å²) in [6, 6.07) is 7.80. The van der Waals surface area contributed by atoms with Crippen LogP contribution in [0.2, 0.25) is 0 Å². The van der Waals surface area contributed by atoms with Crippen LogP contribution in [0.25, 0.3) is 0 Å². The first-order valence-electron chi connectivity index (χ1n) is 3.23. The Morgan fingerprint density at radius 2 is 1.82 bits per heavy atom. The van der Waals surface area contributed by atoms with Gasteiger partial charge in [-0.2, -0.15) is 0 Å². The highest BCUT2D eigenvalue weighted by Crippen LogP contribution is 2.18. The van der Waals surface area contributed by atoms with Crippen LogP contribution in [0.1, 0.15) is 1.43 Å². The molecule has 0 aliphatic carbocycles. The molecule has 0 heterocycles. The molecule has 0 aliphatic rings. The van der Waals surface area contributed by atoms with Gasteiger partial charge in [0.2, 0.25) is 0 Å². The van der Waals surface area contributed by atoms with Crippen LogP contribution in [0.3, 0.4) is 0 Å². The van der Waals surface area contributed by atoms with Gasteiger partial charge in [-0.25, -0.2) is 0 Å². The first-order chi connectivity index (χ1) is 4.72. The Balaban J connectivity index is 0. The van der Waals surface area contributed by atoms with Gasteiger partial charge < -0.3 is 16.1 Å². The number of hydrogen-bond acceptors (Lipinski definition) is 2. The van der Waals surface area contributed by atoms with Gasteiger partial charge in [0, 0.05) is 15.5 Å². The number of nitrogens with two attached hydrogens (primary N) is 1. The van der Waals surface area contributed by atoms with E-state index >= 15 is 0 Å². The van der Waals surface area contributed by atoms with Crippen molar-refractivity contribution in [2.24, 2.45) is 0 Å². The summed E-state index contributed by atoms with van der Waals surface area (Å²) in [7, 11) is 3.96. The second kappa shape index (κ2) is 3.83. The summed E-state index contributed by atoms with van der Waals surface area (Å²) in [4.78, 5) is 2.00. The fraction of sp³-hybridized carbons (Fsp3) is 0.250. The molecular weight excluding hydrogens is 140 g/mol. The molecule has 3 heteroatoms. The molecule has 0 unspecified atom stereocenters. The van der Waals surface area contributed by atoms with Crippen molar-refractivity contribution in [1.29, 1.82) is 0 Å². The van der Waals surface area contributed by atoms with E-state index in [9.17, 15) is 0 Å². The fourth-order valence-electron chi connectivity index (χ4n) is 0.895. The van der Waals surface area contributed by atoms with Gasteiger partial charge in [0.1, 0.15) is 0 Å². The van der Waals surface area contributed by atoms with E-state index in [1.165, 1.54) is 0 Å². The van der Waals surface area contributed by atoms with Crippen LogP contribution >= 0.6 is 0 Å². The normalized spacial score (nSPS) is 8.55. The molecule has 0 saturated heterocycles. The lowest BCUT2D eigenvalue weighted by molar-refractivity contribution is 0.824. The molecule has 3 nitrogen and oxygen atoms in total. The van der Waals surface area contributed by atoms with Crippen LogP contribution in [0.15, 0.2) is 24.3 Å². The van der Waals surface area contributed by atoms with E-state index in [2.05, 4.69) is 0 Å². The predicted octanol–water partition coefficient (Wildman–Crippen LogP) is 0.756. The maximum absolute atomic E-state index is 5.68. The van der Waals surface area contributed by atoms with Gasteiger partial charge in [-0.05, 0) is 12.1 Å². The molecule has 4 N–H and O–H groups in total. The van der Waals surface area contributed by atoms with Gasteiger partial charge in [-0.3, -0.25) is 0 Å². The number of rotatable bonds is 1. The molecule has 1 aromatic carbocycles. The van der Waals surface area contributed by atoms with Gasteiger partial charge in [0.25, 0.3) is 0 Å². The minimum Gasteiger partial charge on any atom is -0.412 e. The van der Waals surface area contributed by atoms with Crippen molar-refractivity contribution in [2.45, 2.75) is 0 Å². The lowest BCUT2D eigenvalue weighted by Crippen LogP contribution is -2.10. The molecular formula is C8H16N2O. The number of nitrogens with zero attached hydrogens (tertiary/aromatic N) is 1. The van der Waals surface area contributed by atoms with E-state index in [1.54, 1.807) is 0 Å². The molecule has 0 saturated carbocycles. The van der Waals surface area contributed by atoms with Crippen LogP contribution in [-0.2, 0) is 0 Å². The summed E-state index contributed by atoms with van der Waals surface area (Å²) in [5, 5.41) is 0. The average molecular weight is 156 g/mol. The first kappa shape index (κ1) is 9.78. The highest BCUT2D eigenvalue weighted by molar-refractivity contribution is 5.66. The molecule has 11 heavy (non-hydrogen) atoms. The zero-order valence-electron chi connectivity index (χ0n) is 6.83. The zero-order valence-corrected chi connectivity index (χ0v) is 6.83. The van der Waals surface area contributed by atoms with Gasteiger partial charge in [0.05, 0.1) is 11.4 Å². The summed E-state index contributed by atoms with van der Waals surface area (Å²) >= 11 is 0. The molecule has 0 atom stereocenters. The van der Waals surface area contributed by atoms with Crippen molar-refractivity contribution in [3.8, 4) is 0 Å². The van der Waals surface area contributed by atoms with Crippen molar-refractivity contribution in [3.63, 3.8) is 0 Å². The Bertz CT molecular complexity index is 228. The number of nitrogen functional groups attached to an aromatic ring is 1. The lowest BCUT2D eigenvalue weighted by Gasteiger charge is -2.13. The molecule has 0 fully saturated rings. The average Bonchev–Trinajstić information content (AvgIpc) is 1.88. The van der Waals surface area contributed by atoms with Crippen molar-refractivity contribution in [1.82, 2.24) is 0 Å². The maximum Gasteiger partial charge on any atom is 0.0594 e. The Labute approximate surface area is 68.2 Å². The Morgan fingerprint density at radius 1 is 1.27 bits per heavy atom. The molecule has 0 aromatic heterocycles. The Hall–Kier alpha value is -1.22. The second-order valence-electron chi connectivity index (χ2n) is 2.45. The number of hydrogen-bond donors (Lipinski definition) is 1. The minimum absolute atomic E-state index is 0. The number of para-hydroxylation sites is 2. The summed E-state index contributed by atoms with van der Waals surface area (Å²) in [6.45, 7) is 0. The summed E-state index contributed by atoms with van der Waals surface area (Å²) in [6.07, 6.45) is 0. The molecule has 1 aromatic rings. The fourth-order valence-corrected chi connectivity index (χ4v) is 0.895. The van der Waals surface area contributed by atoms with Crippen LogP contribution in [0.4, 0.5) is 11.4 Å². The maximum atomic E-state index is 5.68. The lowest BCUT2D eigenvalue weighted by atomic mass is 10.2. The van der Waals surface area contributed by atoms with Crippen molar-refractivity contribution < 1.29 is 6.90 Å². The van der Waals surface area contributed by atoms with Crippen LogP contribution in [0.5, 0.6) is 0 Å². The van der Waals surface area contributed by atoms with Crippen molar-refractivity contribution in [3.05, 3.63) is 24.3 Å². The predicted molar refractivity (Wildman–Crippen MR) is 50.9 cm³/mol. The first-order valence-corrected chi connectivity index (χ1v) is 3.23. The molecule has 1 rings (SSSR count). The monoisotopic (exact) mass is 156 g/mol. The van der Waals surface area contributed by atoms with Crippen molar-refractivity contribution >= 4 is 11.4 Å². The van der Waals surface area contributed by atoms with E-state index in [0.29, 0.717) is 0 Å². The van der Waals surface area contributed by atoms with Gasteiger partial charge >= 0.3 is 0 Å². The summed E-state index contributed by atoms with van der Waals surface area (Å²) < 4.78 is 0. The molecule has 0 radical (unpaired) electrons. The van der Waals surface area contributed by atoms with E-state index in [-0.39, 0.29) is 6.90 Å². The molecule has 0 amide bonds. The van der Waals surface area contributed by atoms with Crippen LogP contribution in [-0.4, -0.2) is 19.6 Å². The van der Waals surface area contributed by atoms with Crippen LogP contribution < -0.4 is 10.6 Å². The smallest absolute Gasteiger partial charge is 0.0594 e. The quantitative estimate of drug-likeness (QED) is 0.610. The Morgan fingerprint density at radius 3 is 2.18 bits per heavy atom. The number of benzene rings is 1. The van der Waals surface area contributed by atoms with E-state index < -0.39 is 0 Å². The standard InChI is InChI=1S/C8H12N2.H2O.H2/c1-10(2)8-6-4-3-5-7(8)9;;/h3-6H,9H2,1-2H3;1H2;1H. The molecule has 0 spiro atoms. The second-order valence-corrected chi connectivity index (χ2v) is 2.45. The highest BCUT2D eigenvalue weighted by Gasteiger charge is 1.96. The van der Waals surface area contributed by atoms with Gasteiger partial charge in [0.15, 0.2) is 0 Å². The molecule has 0 aliphatic heterocycles. The molecule has 64 valence electrons.